The SMILES string of the molecule is Cc1cc(Br)c(NC(=O)Cc2c(F)cccc2Cl)cc1Cl. The molecule has 0 heterocycles. The quantitative estimate of drug-likeness (QED) is 0.748. The normalized spacial score (nSPS) is 10.5. The zero-order valence-corrected chi connectivity index (χ0v) is 14.1. The van der Waals surface area contributed by atoms with Gasteiger partial charge in [-0.25, -0.2) is 4.39 Å². The van der Waals surface area contributed by atoms with Crippen molar-refractivity contribution in [2.24, 2.45) is 0 Å². The molecular weight excluding hydrogens is 380 g/mol. The number of nitrogens with one attached hydrogen (secondary N) is 1. The van der Waals surface area contributed by atoms with Crippen LogP contribution in [0.15, 0.2) is 34.8 Å². The molecule has 0 atom stereocenters. The summed E-state index contributed by atoms with van der Waals surface area (Å²) in [6.45, 7) is 1.86. The summed E-state index contributed by atoms with van der Waals surface area (Å²) in [7, 11) is 0. The summed E-state index contributed by atoms with van der Waals surface area (Å²) in [6, 6.07) is 7.75. The molecule has 0 aromatic heterocycles. The second-order valence-electron chi connectivity index (χ2n) is 4.51. The minimum atomic E-state index is -0.501. The average Bonchev–Trinajstić information content (AvgIpc) is 2.40. The maximum Gasteiger partial charge on any atom is 0.228 e. The molecule has 1 amide bonds. The van der Waals surface area contributed by atoms with Crippen LogP contribution in [-0.2, 0) is 11.2 Å². The number of amides is 1. The van der Waals surface area contributed by atoms with Gasteiger partial charge in [0.1, 0.15) is 5.82 Å². The van der Waals surface area contributed by atoms with E-state index in [1.165, 1.54) is 12.1 Å². The lowest BCUT2D eigenvalue weighted by Crippen LogP contribution is -2.16. The highest BCUT2D eigenvalue weighted by Crippen LogP contribution is 2.29. The van der Waals surface area contributed by atoms with Crippen LogP contribution in [0.1, 0.15) is 11.1 Å². The molecule has 6 heteroatoms. The van der Waals surface area contributed by atoms with Crippen LogP contribution in [0.3, 0.4) is 0 Å². The van der Waals surface area contributed by atoms with Crippen LogP contribution in [0.5, 0.6) is 0 Å². The van der Waals surface area contributed by atoms with Crippen LogP contribution in [0.2, 0.25) is 10.0 Å². The van der Waals surface area contributed by atoms with Gasteiger partial charge in [0, 0.05) is 20.1 Å². The minimum Gasteiger partial charge on any atom is -0.325 e. The number of rotatable bonds is 3. The maximum absolute atomic E-state index is 13.7. The van der Waals surface area contributed by atoms with Gasteiger partial charge in [0.2, 0.25) is 5.91 Å². The van der Waals surface area contributed by atoms with E-state index >= 15 is 0 Å². The number of carbonyl (C=O) groups is 1. The lowest BCUT2D eigenvalue weighted by molar-refractivity contribution is -0.115. The first kappa shape index (κ1) is 16.3. The number of aryl methyl sites for hydroxylation is 1. The number of hydrogen-bond acceptors (Lipinski definition) is 1. The van der Waals surface area contributed by atoms with Crippen LogP contribution < -0.4 is 5.32 Å². The van der Waals surface area contributed by atoms with E-state index in [1.807, 2.05) is 6.92 Å². The average molecular weight is 391 g/mol. The Bertz CT molecular complexity index is 686. The van der Waals surface area contributed by atoms with Gasteiger partial charge < -0.3 is 5.32 Å². The van der Waals surface area contributed by atoms with Crippen molar-refractivity contribution in [3.63, 3.8) is 0 Å². The highest BCUT2D eigenvalue weighted by molar-refractivity contribution is 9.10. The molecular formula is C15H11BrCl2FNO. The van der Waals surface area contributed by atoms with Gasteiger partial charge in [-0.1, -0.05) is 29.3 Å². The van der Waals surface area contributed by atoms with Gasteiger partial charge in [0.15, 0.2) is 0 Å². The standard InChI is InChI=1S/C15H11BrCl2FNO/c1-8-5-10(16)14(7-12(8)18)20-15(21)6-9-11(17)3-2-4-13(9)19/h2-5,7H,6H2,1H3,(H,20,21). The third-order valence-electron chi connectivity index (χ3n) is 2.92. The Morgan fingerprint density at radius 1 is 1.29 bits per heavy atom. The third kappa shape index (κ3) is 3.96. The molecule has 0 aliphatic rings. The molecule has 0 saturated heterocycles. The van der Waals surface area contributed by atoms with Crippen LogP contribution in [0.25, 0.3) is 0 Å². The van der Waals surface area contributed by atoms with E-state index in [2.05, 4.69) is 21.2 Å². The molecule has 0 spiro atoms. The van der Waals surface area contributed by atoms with E-state index in [0.29, 0.717) is 15.2 Å². The number of benzene rings is 2. The summed E-state index contributed by atoms with van der Waals surface area (Å²) in [6.07, 6.45) is -0.149. The van der Waals surface area contributed by atoms with E-state index in [9.17, 15) is 9.18 Å². The Morgan fingerprint density at radius 2 is 2.00 bits per heavy atom. The molecule has 0 aliphatic heterocycles. The number of hydrogen-bond donors (Lipinski definition) is 1. The van der Waals surface area contributed by atoms with Crippen LogP contribution in [0, 0.1) is 12.7 Å². The van der Waals surface area contributed by atoms with Crippen molar-refractivity contribution < 1.29 is 9.18 Å². The molecule has 2 aromatic rings. The summed E-state index contributed by atoms with van der Waals surface area (Å²) in [4.78, 5) is 12.0. The van der Waals surface area contributed by atoms with Gasteiger partial charge in [0.25, 0.3) is 0 Å². The van der Waals surface area contributed by atoms with E-state index < -0.39 is 5.82 Å². The van der Waals surface area contributed by atoms with Crippen molar-refractivity contribution in [3.05, 3.63) is 61.8 Å². The first-order valence-electron chi connectivity index (χ1n) is 6.07. The van der Waals surface area contributed by atoms with Gasteiger partial charge in [-0.3, -0.25) is 4.79 Å². The number of carbonyl (C=O) groups excluding carboxylic acids is 1. The Balaban J connectivity index is 2.18. The van der Waals surface area contributed by atoms with E-state index in [4.69, 9.17) is 23.2 Å². The molecule has 21 heavy (non-hydrogen) atoms. The summed E-state index contributed by atoms with van der Waals surface area (Å²) in [5.41, 5.74) is 1.59. The maximum atomic E-state index is 13.7. The largest absolute Gasteiger partial charge is 0.325 e. The molecule has 2 rings (SSSR count). The zero-order chi connectivity index (χ0) is 15.6. The highest BCUT2D eigenvalue weighted by atomic mass is 79.9. The predicted molar refractivity (Wildman–Crippen MR) is 87.6 cm³/mol. The van der Waals surface area contributed by atoms with Crippen molar-refractivity contribution in [3.8, 4) is 0 Å². The van der Waals surface area contributed by atoms with Crippen molar-refractivity contribution in [2.45, 2.75) is 13.3 Å². The third-order valence-corrected chi connectivity index (χ3v) is 4.34. The smallest absolute Gasteiger partial charge is 0.228 e. The summed E-state index contributed by atoms with van der Waals surface area (Å²) < 4.78 is 14.4. The van der Waals surface area contributed by atoms with Gasteiger partial charge in [0.05, 0.1) is 12.1 Å². The van der Waals surface area contributed by atoms with Crippen molar-refractivity contribution >= 4 is 50.7 Å². The summed E-state index contributed by atoms with van der Waals surface area (Å²) >= 11 is 15.3. The molecule has 1 N–H and O–H groups in total. The topological polar surface area (TPSA) is 29.1 Å². The zero-order valence-electron chi connectivity index (χ0n) is 11.0. The van der Waals surface area contributed by atoms with Crippen molar-refractivity contribution in [1.82, 2.24) is 0 Å². The molecule has 110 valence electrons. The fraction of sp³-hybridized carbons (Fsp3) is 0.133. The monoisotopic (exact) mass is 389 g/mol. The predicted octanol–water partition coefficient (Wildman–Crippen LogP) is 5.38. The molecule has 0 radical (unpaired) electrons. The fourth-order valence-corrected chi connectivity index (χ4v) is 2.75. The Hall–Kier alpha value is -1.10. The Kier molecular flexibility index (Phi) is 5.25. The van der Waals surface area contributed by atoms with Crippen LogP contribution in [0.4, 0.5) is 10.1 Å². The second-order valence-corrected chi connectivity index (χ2v) is 6.18. The van der Waals surface area contributed by atoms with Gasteiger partial charge in [-0.05, 0) is 52.7 Å². The fourth-order valence-electron chi connectivity index (χ4n) is 1.80. The second kappa shape index (κ2) is 6.77. The van der Waals surface area contributed by atoms with E-state index in [0.717, 1.165) is 5.56 Å². The minimum absolute atomic E-state index is 0.149. The molecule has 0 aliphatic carbocycles. The number of halogens is 4. The Labute approximate surface area is 140 Å². The summed E-state index contributed by atoms with van der Waals surface area (Å²) in [5.74, 6) is -0.874. The van der Waals surface area contributed by atoms with E-state index in [1.54, 1.807) is 18.2 Å². The van der Waals surface area contributed by atoms with Crippen LogP contribution in [-0.4, -0.2) is 5.91 Å². The molecule has 2 nitrogen and oxygen atoms in total. The molecule has 0 fully saturated rings. The van der Waals surface area contributed by atoms with Gasteiger partial charge >= 0.3 is 0 Å². The lowest BCUT2D eigenvalue weighted by Gasteiger charge is -2.10. The Morgan fingerprint density at radius 3 is 2.67 bits per heavy atom. The highest BCUT2D eigenvalue weighted by Gasteiger charge is 2.13. The van der Waals surface area contributed by atoms with Crippen molar-refractivity contribution in [1.29, 1.82) is 0 Å². The molecule has 2 aromatic carbocycles. The van der Waals surface area contributed by atoms with Gasteiger partial charge in [-0.15, -0.1) is 0 Å². The number of anilines is 1. The molecule has 0 saturated carbocycles. The molecule has 0 bridgehead atoms. The summed E-state index contributed by atoms with van der Waals surface area (Å²) in [5, 5.41) is 3.45. The van der Waals surface area contributed by atoms with Gasteiger partial charge in [-0.2, -0.15) is 0 Å². The first-order chi connectivity index (χ1) is 9.88. The lowest BCUT2D eigenvalue weighted by atomic mass is 10.1. The van der Waals surface area contributed by atoms with Crippen molar-refractivity contribution in [2.75, 3.05) is 5.32 Å². The molecule has 0 unspecified atom stereocenters. The first-order valence-corrected chi connectivity index (χ1v) is 7.61. The van der Waals surface area contributed by atoms with E-state index in [-0.39, 0.29) is 22.9 Å². The van der Waals surface area contributed by atoms with Crippen LogP contribution >= 0.6 is 39.1 Å².